The summed E-state index contributed by atoms with van der Waals surface area (Å²) in [6, 6.07) is 5.80. The van der Waals surface area contributed by atoms with E-state index in [1.165, 1.54) is 7.11 Å². The normalized spacial score (nSPS) is 11.1. The third kappa shape index (κ3) is 5.43. The van der Waals surface area contributed by atoms with Crippen LogP contribution in [0.4, 0.5) is 28.9 Å². The average molecular weight is 415 g/mol. The highest BCUT2D eigenvalue weighted by atomic mass is 19.4. The second-order valence-corrected chi connectivity index (χ2v) is 6.07. The van der Waals surface area contributed by atoms with E-state index in [9.17, 15) is 22.4 Å². The van der Waals surface area contributed by atoms with Gasteiger partial charge in [0.05, 0.1) is 18.5 Å². The first-order valence-corrected chi connectivity index (χ1v) is 8.57. The van der Waals surface area contributed by atoms with Gasteiger partial charge < -0.3 is 25.4 Å². The topological polar surface area (TPSA) is 76.8 Å². The van der Waals surface area contributed by atoms with Crippen LogP contribution >= 0.6 is 0 Å². The molecular weight excluding hydrogens is 394 g/mol. The fourth-order valence-electron chi connectivity index (χ4n) is 2.73. The predicted octanol–water partition coefficient (Wildman–Crippen LogP) is 3.70. The third-order valence-electron chi connectivity index (χ3n) is 4.19. The van der Waals surface area contributed by atoms with E-state index in [0.717, 1.165) is 12.1 Å². The van der Waals surface area contributed by atoms with Crippen LogP contribution in [-0.2, 0) is 6.54 Å². The van der Waals surface area contributed by atoms with Crippen LogP contribution in [-0.4, -0.2) is 33.0 Å². The first-order valence-electron chi connectivity index (χ1n) is 8.57. The standard InChI is InChI=1S/C19H21F4N3O3/c1-4-26(2)17-12(15(28-3)8-6-14(17)24)10-25-18(27)11-5-7-16(13(20)9-11)29-19(21,22)23/h5-9H,4,10,24H2,1-3H3,(H,25,27). The fraction of sp³-hybridized carbons (Fsp3) is 0.316. The first-order chi connectivity index (χ1) is 13.6. The summed E-state index contributed by atoms with van der Waals surface area (Å²) in [5.41, 5.74) is 7.67. The van der Waals surface area contributed by atoms with E-state index in [0.29, 0.717) is 35.3 Å². The van der Waals surface area contributed by atoms with Gasteiger partial charge in [0.15, 0.2) is 11.6 Å². The van der Waals surface area contributed by atoms with E-state index in [4.69, 9.17) is 10.5 Å². The van der Waals surface area contributed by atoms with Crippen molar-refractivity contribution in [2.75, 3.05) is 31.3 Å². The van der Waals surface area contributed by atoms with Crippen molar-refractivity contribution in [1.29, 1.82) is 0 Å². The minimum absolute atomic E-state index is 0.00907. The zero-order chi connectivity index (χ0) is 21.8. The van der Waals surface area contributed by atoms with E-state index in [-0.39, 0.29) is 12.1 Å². The fourth-order valence-corrected chi connectivity index (χ4v) is 2.73. The Morgan fingerprint density at radius 2 is 1.86 bits per heavy atom. The van der Waals surface area contributed by atoms with Gasteiger partial charge in [0, 0.05) is 31.3 Å². The maximum Gasteiger partial charge on any atom is 0.573 e. The summed E-state index contributed by atoms with van der Waals surface area (Å²) in [5, 5.41) is 2.60. The second-order valence-electron chi connectivity index (χ2n) is 6.07. The lowest BCUT2D eigenvalue weighted by Crippen LogP contribution is -2.26. The van der Waals surface area contributed by atoms with Crippen molar-refractivity contribution in [3.05, 3.63) is 47.3 Å². The van der Waals surface area contributed by atoms with Crippen LogP contribution in [0, 0.1) is 5.82 Å². The Balaban J connectivity index is 2.23. The molecule has 0 atom stereocenters. The minimum atomic E-state index is -5.03. The summed E-state index contributed by atoms with van der Waals surface area (Å²) < 4.78 is 59.4. The number of rotatable bonds is 7. The smallest absolute Gasteiger partial charge is 0.496 e. The Morgan fingerprint density at radius 3 is 2.41 bits per heavy atom. The van der Waals surface area contributed by atoms with Gasteiger partial charge >= 0.3 is 6.36 Å². The van der Waals surface area contributed by atoms with Crippen molar-refractivity contribution >= 4 is 17.3 Å². The van der Waals surface area contributed by atoms with Crippen LogP contribution in [0.15, 0.2) is 30.3 Å². The Morgan fingerprint density at radius 1 is 1.21 bits per heavy atom. The van der Waals surface area contributed by atoms with Gasteiger partial charge in [-0.2, -0.15) is 0 Å². The number of hydrogen-bond acceptors (Lipinski definition) is 5. The lowest BCUT2D eigenvalue weighted by molar-refractivity contribution is -0.275. The number of methoxy groups -OCH3 is 1. The molecule has 2 rings (SSSR count). The average Bonchev–Trinajstić information content (AvgIpc) is 2.66. The number of benzene rings is 2. The molecule has 0 aliphatic heterocycles. The number of nitrogens with two attached hydrogens (primary N) is 1. The molecule has 6 nitrogen and oxygen atoms in total. The molecule has 0 aliphatic rings. The van der Waals surface area contributed by atoms with E-state index < -0.39 is 23.8 Å². The maximum atomic E-state index is 13.8. The number of halogens is 4. The number of carbonyl (C=O) groups excluding carboxylic acids is 1. The van der Waals surface area contributed by atoms with Gasteiger partial charge in [-0.1, -0.05) is 0 Å². The molecule has 0 aromatic heterocycles. The predicted molar refractivity (Wildman–Crippen MR) is 101 cm³/mol. The molecule has 29 heavy (non-hydrogen) atoms. The van der Waals surface area contributed by atoms with E-state index in [1.54, 1.807) is 12.1 Å². The lowest BCUT2D eigenvalue weighted by Gasteiger charge is -2.24. The molecule has 0 heterocycles. The monoisotopic (exact) mass is 415 g/mol. The van der Waals surface area contributed by atoms with E-state index in [1.807, 2.05) is 18.9 Å². The highest BCUT2D eigenvalue weighted by Crippen LogP contribution is 2.34. The van der Waals surface area contributed by atoms with Gasteiger partial charge in [-0.25, -0.2) is 4.39 Å². The summed E-state index contributed by atoms with van der Waals surface area (Å²) in [4.78, 5) is 14.3. The number of alkyl halides is 3. The highest BCUT2D eigenvalue weighted by Gasteiger charge is 2.32. The van der Waals surface area contributed by atoms with Crippen LogP contribution in [0.1, 0.15) is 22.8 Å². The van der Waals surface area contributed by atoms with Crippen molar-refractivity contribution in [1.82, 2.24) is 5.32 Å². The van der Waals surface area contributed by atoms with Gasteiger partial charge in [-0.3, -0.25) is 4.79 Å². The molecule has 0 bridgehead atoms. The van der Waals surface area contributed by atoms with Crippen molar-refractivity contribution in [2.24, 2.45) is 0 Å². The third-order valence-corrected chi connectivity index (χ3v) is 4.19. The molecule has 0 aliphatic carbocycles. The summed E-state index contributed by atoms with van der Waals surface area (Å²) in [6.07, 6.45) is -5.03. The molecule has 0 fully saturated rings. The lowest BCUT2D eigenvalue weighted by atomic mass is 10.1. The first kappa shape index (κ1) is 22.1. The molecule has 1 amide bonds. The molecule has 0 radical (unpaired) electrons. The maximum absolute atomic E-state index is 13.8. The number of nitrogens with zero attached hydrogens (tertiary/aromatic N) is 1. The van der Waals surface area contributed by atoms with Crippen LogP contribution in [0.5, 0.6) is 11.5 Å². The molecule has 0 unspecified atom stereocenters. The second kappa shape index (κ2) is 8.89. The zero-order valence-corrected chi connectivity index (χ0v) is 16.1. The highest BCUT2D eigenvalue weighted by molar-refractivity contribution is 5.94. The van der Waals surface area contributed by atoms with Crippen LogP contribution < -0.4 is 25.4 Å². The van der Waals surface area contributed by atoms with Crippen LogP contribution in [0.3, 0.4) is 0 Å². The van der Waals surface area contributed by atoms with Crippen molar-refractivity contribution < 1.29 is 31.8 Å². The summed E-state index contributed by atoms with van der Waals surface area (Å²) in [5.74, 6) is -2.51. The molecule has 2 aromatic rings. The van der Waals surface area contributed by atoms with Gasteiger partial charge in [-0.15, -0.1) is 13.2 Å². The molecule has 158 valence electrons. The molecule has 10 heteroatoms. The molecule has 0 saturated heterocycles. The molecule has 0 saturated carbocycles. The van der Waals surface area contributed by atoms with E-state index in [2.05, 4.69) is 10.1 Å². The number of carbonyl (C=O) groups is 1. The van der Waals surface area contributed by atoms with Crippen LogP contribution in [0.25, 0.3) is 0 Å². The Kier molecular flexibility index (Phi) is 6.78. The number of nitrogen functional groups attached to an aromatic ring is 1. The van der Waals surface area contributed by atoms with Gasteiger partial charge in [-0.05, 0) is 37.3 Å². The number of ether oxygens (including phenoxy) is 2. The molecule has 3 N–H and O–H groups in total. The van der Waals surface area contributed by atoms with Crippen molar-refractivity contribution in [3.8, 4) is 11.5 Å². The quantitative estimate of drug-likeness (QED) is 0.533. The summed E-state index contributed by atoms with van der Waals surface area (Å²) in [6.45, 7) is 2.58. The molecular formula is C19H21F4N3O3. The Hall–Kier alpha value is -3.17. The number of hydrogen-bond donors (Lipinski definition) is 2. The molecule has 2 aromatic carbocycles. The van der Waals surface area contributed by atoms with E-state index >= 15 is 0 Å². The Labute approximate surface area is 165 Å². The van der Waals surface area contributed by atoms with Gasteiger partial charge in [0.1, 0.15) is 5.75 Å². The van der Waals surface area contributed by atoms with Gasteiger partial charge in [0.25, 0.3) is 5.91 Å². The van der Waals surface area contributed by atoms with Gasteiger partial charge in [0.2, 0.25) is 0 Å². The molecule has 0 spiro atoms. The number of amides is 1. The van der Waals surface area contributed by atoms with Crippen LogP contribution in [0.2, 0.25) is 0 Å². The number of anilines is 2. The van der Waals surface area contributed by atoms with Crippen molar-refractivity contribution in [3.63, 3.8) is 0 Å². The summed E-state index contributed by atoms with van der Waals surface area (Å²) >= 11 is 0. The largest absolute Gasteiger partial charge is 0.573 e. The SMILES string of the molecule is CCN(C)c1c(N)ccc(OC)c1CNC(=O)c1ccc(OC(F)(F)F)c(F)c1. The minimum Gasteiger partial charge on any atom is -0.496 e. The van der Waals surface area contributed by atoms with Crippen molar-refractivity contribution in [2.45, 2.75) is 19.8 Å². The zero-order valence-electron chi connectivity index (χ0n) is 16.1. The number of nitrogens with one attached hydrogen (secondary N) is 1. The summed E-state index contributed by atoms with van der Waals surface area (Å²) in [7, 11) is 3.30. The Bertz CT molecular complexity index is 888.